The Kier molecular flexibility index (Phi) is 5.00. The molecule has 23 heavy (non-hydrogen) atoms. The highest BCUT2D eigenvalue weighted by molar-refractivity contribution is 7.16. The van der Waals surface area contributed by atoms with Gasteiger partial charge in [-0.2, -0.15) is 0 Å². The number of aliphatic hydroxyl groups is 1. The number of rotatable bonds is 4. The topological polar surface area (TPSA) is 56.7 Å². The van der Waals surface area contributed by atoms with Crippen molar-refractivity contribution in [3.05, 3.63) is 41.2 Å². The molecule has 1 amide bonds. The van der Waals surface area contributed by atoms with Crippen LogP contribution in [0.5, 0.6) is 0 Å². The van der Waals surface area contributed by atoms with Crippen LogP contribution in [0, 0.1) is 5.82 Å². The number of piperazine rings is 1. The molecule has 1 aliphatic rings. The minimum absolute atomic E-state index is 0.0614. The van der Waals surface area contributed by atoms with E-state index in [9.17, 15) is 9.18 Å². The second kappa shape index (κ2) is 7.16. The molecule has 1 fully saturated rings. The Morgan fingerprint density at radius 1 is 1.26 bits per heavy atom. The number of aromatic nitrogens is 1. The SMILES string of the molecule is O=C(c1cnc(-c2ccccc2F)s1)N1CCN(CCO)CC1. The molecule has 1 N–H and O–H groups in total. The van der Waals surface area contributed by atoms with Crippen molar-refractivity contribution in [1.82, 2.24) is 14.8 Å². The third kappa shape index (κ3) is 3.57. The Bertz CT molecular complexity index is 683. The lowest BCUT2D eigenvalue weighted by molar-refractivity contribution is 0.0619. The van der Waals surface area contributed by atoms with E-state index in [1.807, 2.05) is 0 Å². The van der Waals surface area contributed by atoms with Crippen LogP contribution >= 0.6 is 11.3 Å². The van der Waals surface area contributed by atoms with Crippen LogP contribution in [0.4, 0.5) is 4.39 Å². The molecule has 2 aromatic rings. The summed E-state index contributed by atoms with van der Waals surface area (Å²) in [7, 11) is 0. The maximum Gasteiger partial charge on any atom is 0.265 e. The van der Waals surface area contributed by atoms with Gasteiger partial charge in [0.05, 0.1) is 12.8 Å². The van der Waals surface area contributed by atoms with Gasteiger partial charge in [0.1, 0.15) is 15.7 Å². The highest BCUT2D eigenvalue weighted by Gasteiger charge is 2.23. The van der Waals surface area contributed by atoms with Gasteiger partial charge in [-0.05, 0) is 12.1 Å². The van der Waals surface area contributed by atoms with E-state index in [1.54, 1.807) is 23.1 Å². The molecular weight excluding hydrogens is 317 g/mol. The predicted molar refractivity (Wildman–Crippen MR) is 86.9 cm³/mol. The maximum atomic E-state index is 13.8. The number of benzene rings is 1. The lowest BCUT2D eigenvalue weighted by Gasteiger charge is -2.34. The Hall–Kier alpha value is -1.83. The molecule has 5 nitrogen and oxygen atoms in total. The van der Waals surface area contributed by atoms with Crippen molar-refractivity contribution < 1.29 is 14.3 Å². The fourth-order valence-corrected chi connectivity index (χ4v) is 3.52. The molecule has 0 spiro atoms. The summed E-state index contributed by atoms with van der Waals surface area (Å²) in [6, 6.07) is 6.43. The average Bonchev–Trinajstić information content (AvgIpc) is 3.05. The summed E-state index contributed by atoms with van der Waals surface area (Å²) in [5.74, 6) is -0.396. The van der Waals surface area contributed by atoms with E-state index >= 15 is 0 Å². The van der Waals surface area contributed by atoms with Crippen LogP contribution in [-0.4, -0.2) is 65.1 Å². The van der Waals surface area contributed by atoms with Crippen LogP contribution < -0.4 is 0 Å². The molecule has 3 rings (SSSR count). The van der Waals surface area contributed by atoms with Crippen molar-refractivity contribution >= 4 is 17.2 Å². The second-order valence-corrected chi connectivity index (χ2v) is 6.40. The standard InChI is InChI=1S/C16H18FN3O2S/c17-13-4-2-1-3-12(13)15-18-11-14(23-15)16(22)20-7-5-19(6-8-20)9-10-21/h1-4,11,21H,5-10H2. The minimum Gasteiger partial charge on any atom is -0.395 e. The highest BCUT2D eigenvalue weighted by atomic mass is 32.1. The number of aliphatic hydroxyl groups excluding tert-OH is 1. The van der Waals surface area contributed by atoms with Crippen molar-refractivity contribution in [1.29, 1.82) is 0 Å². The molecule has 1 aromatic carbocycles. The number of thiazole rings is 1. The summed E-state index contributed by atoms with van der Waals surface area (Å²) in [4.78, 5) is 21.2. The average molecular weight is 335 g/mol. The molecule has 0 unspecified atom stereocenters. The molecule has 0 atom stereocenters. The molecule has 2 heterocycles. The van der Waals surface area contributed by atoms with Crippen LogP contribution in [0.25, 0.3) is 10.6 Å². The van der Waals surface area contributed by atoms with Gasteiger partial charge in [-0.3, -0.25) is 9.69 Å². The Balaban J connectivity index is 1.69. The molecule has 0 aliphatic carbocycles. The van der Waals surface area contributed by atoms with E-state index in [2.05, 4.69) is 9.88 Å². The first-order valence-corrected chi connectivity index (χ1v) is 8.34. The number of amides is 1. The quantitative estimate of drug-likeness (QED) is 0.924. The van der Waals surface area contributed by atoms with E-state index in [0.717, 1.165) is 13.1 Å². The number of hydrogen-bond donors (Lipinski definition) is 1. The van der Waals surface area contributed by atoms with E-state index in [0.29, 0.717) is 35.1 Å². The first kappa shape index (κ1) is 16.0. The van der Waals surface area contributed by atoms with Crippen LogP contribution in [0.1, 0.15) is 9.67 Å². The zero-order chi connectivity index (χ0) is 16.2. The smallest absolute Gasteiger partial charge is 0.265 e. The normalized spacial score (nSPS) is 15.8. The Morgan fingerprint density at radius 2 is 2.00 bits per heavy atom. The molecule has 1 saturated heterocycles. The minimum atomic E-state index is -0.335. The van der Waals surface area contributed by atoms with Gasteiger partial charge in [0.15, 0.2) is 0 Å². The van der Waals surface area contributed by atoms with E-state index in [-0.39, 0.29) is 18.3 Å². The van der Waals surface area contributed by atoms with Gasteiger partial charge >= 0.3 is 0 Å². The van der Waals surface area contributed by atoms with Gasteiger partial charge < -0.3 is 10.0 Å². The number of carbonyl (C=O) groups excluding carboxylic acids is 1. The van der Waals surface area contributed by atoms with Crippen molar-refractivity contribution in [2.45, 2.75) is 0 Å². The lowest BCUT2D eigenvalue weighted by atomic mass is 10.2. The Morgan fingerprint density at radius 3 is 2.70 bits per heavy atom. The van der Waals surface area contributed by atoms with E-state index < -0.39 is 0 Å². The lowest BCUT2D eigenvalue weighted by Crippen LogP contribution is -2.49. The van der Waals surface area contributed by atoms with Crippen LogP contribution in [0.2, 0.25) is 0 Å². The predicted octanol–water partition coefficient (Wildman–Crippen LogP) is 1.70. The second-order valence-electron chi connectivity index (χ2n) is 5.37. The molecular formula is C16H18FN3O2S. The van der Waals surface area contributed by atoms with Gasteiger partial charge in [-0.25, -0.2) is 9.37 Å². The summed E-state index contributed by atoms with van der Waals surface area (Å²) in [6.07, 6.45) is 1.52. The summed E-state index contributed by atoms with van der Waals surface area (Å²) in [5.41, 5.74) is 0.421. The van der Waals surface area contributed by atoms with Crippen LogP contribution in [0.3, 0.4) is 0 Å². The summed E-state index contributed by atoms with van der Waals surface area (Å²) in [5, 5.41) is 9.46. The largest absolute Gasteiger partial charge is 0.395 e. The number of carbonyl (C=O) groups is 1. The Labute approximate surface area is 138 Å². The molecule has 1 aromatic heterocycles. The first-order chi connectivity index (χ1) is 11.2. The summed E-state index contributed by atoms with van der Waals surface area (Å²) >= 11 is 1.22. The molecule has 122 valence electrons. The van der Waals surface area contributed by atoms with Gasteiger partial charge in [0.25, 0.3) is 5.91 Å². The van der Waals surface area contributed by atoms with Gasteiger partial charge in [0, 0.05) is 38.3 Å². The zero-order valence-electron chi connectivity index (χ0n) is 12.6. The van der Waals surface area contributed by atoms with Crippen LogP contribution in [0.15, 0.2) is 30.5 Å². The van der Waals surface area contributed by atoms with Crippen molar-refractivity contribution in [2.24, 2.45) is 0 Å². The van der Waals surface area contributed by atoms with Crippen molar-refractivity contribution in [2.75, 3.05) is 39.3 Å². The fraction of sp³-hybridized carbons (Fsp3) is 0.375. The van der Waals surface area contributed by atoms with Gasteiger partial charge in [-0.15, -0.1) is 11.3 Å². The van der Waals surface area contributed by atoms with Crippen molar-refractivity contribution in [3.63, 3.8) is 0 Å². The summed E-state index contributed by atoms with van der Waals surface area (Å²) < 4.78 is 13.8. The number of halogens is 1. The molecule has 0 saturated carbocycles. The third-order valence-corrected chi connectivity index (χ3v) is 4.92. The molecule has 0 radical (unpaired) electrons. The first-order valence-electron chi connectivity index (χ1n) is 7.52. The van der Waals surface area contributed by atoms with Crippen molar-refractivity contribution in [3.8, 4) is 10.6 Å². The third-order valence-electron chi connectivity index (χ3n) is 3.90. The molecule has 7 heteroatoms. The number of β-amino-alcohol motifs (C(OH)–C–C–N with tert-alkyl or cyclic N) is 1. The number of nitrogens with zero attached hydrogens (tertiary/aromatic N) is 3. The maximum absolute atomic E-state index is 13.8. The molecule has 1 aliphatic heterocycles. The monoisotopic (exact) mass is 335 g/mol. The fourth-order valence-electron chi connectivity index (χ4n) is 2.60. The summed E-state index contributed by atoms with van der Waals surface area (Å²) in [6.45, 7) is 3.54. The van der Waals surface area contributed by atoms with E-state index in [4.69, 9.17) is 5.11 Å². The molecule has 0 bridgehead atoms. The van der Waals surface area contributed by atoms with Gasteiger partial charge in [-0.1, -0.05) is 12.1 Å². The highest BCUT2D eigenvalue weighted by Crippen LogP contribution is 2.28. The number of hydrogen-bond acceptors (Lipinski definition) is 5. The van der Waals surface area contributed by atoms with Gasteiger partial charge in [0.2, 0.25) is 0 Å². The van der Waals surface area contributed by atoms with Crippen LogP contribution in [-0.2, 0) is 0 Å². The zero-order valence-corrected chi connectivity index (χ0v) is 13.4. The van der Waals surface area contributed by atoms with E-state index in [1.165, 1.54) is 23.6 Å².